The van der Waals surface area contributed by atoms with Crippen LogP contribution >= 0.6 is 0 Å². The molecule has 19 heavy (non-hydrogen) atoms. The first-order chi connectivity index (χ1) is 9.02. The fourth-order valence-electron chi connectivity index (χ4n) is 2.49. The van der Waals surface area contributed by atoms with E-state index in [2.05, 4.69) is 11.9 Å². The zero-order valence-electron chi connectivity index (χ0n) is 11.6. The van der Waals surface area contributed by atoms with Crippen molar-refractivity contribution >= 4 is 5.95 Å². The van der Waals surface area contributed by atoms with Crippen LogP contribution in [0.15, 0.2) is 4.79 Å². The molecule has 2 unspecified atom stereocenters. The van der Waals surface area contributed by atoms with Crippen LogP contribution in [-0.4, -0.2) is 32.5 Å². The Hall–Kier alpha value is -1.40. The average molecular weight is 267 g/mol. The van der Waals surface area contributed by atoms with Gasteiger partial charge in [0.25, 0.3) is 5.56 Å². The minimum atomic E-state index is -1.24. The summed E-state index contributed by atoms with van der Waals surface area (Å²) >= 11 is 0. The fraction of sp³-hybridized carbons (Fsp3) is 0.692. The third kappa shape index (κ3) is 2.15. The summed E-state index contributed by atoms with van der Waals surface area (Å²) in [6.45, 7) is 6.19. The summed E-state index contributed by atoms with van der Waals surface area (Å²) in [4.78, 5) is 18.3. The molecule has 0 aromatic carbocycles. The van der Waals surface area contributed by atoms with Gasteiger partial charge in [-0.25, -0.2) is 9.55 Å². The van der Waals surface area contributed by atoms with Gasteiger partial charge in [0.2, 0.25) is 5.95 Å². The van der Waals surface area contributed by atoms with Crippen molar-refractivity contribution < 1.29 is 10.2 Å². The average Bonchev–Trinajstić information content (AvgIpc) is 2.61. The summed E-state index contributed by atoms with van der Waals surface area (Å²) in [6, 6.07) is 0. The summed E-state index contributed by atoms with van der Waals surface area (Å²) in [7, 11) is 0. The van der Waals surface area contributed by atoms with Crippen molar-refractivity contribution in [1.82, 2.24) is 9.55 Å². The van der Waals surface area contributed by atoms with Gasteiger partial charge in [-0.3, -0.25) is 4.79 Å². The molecule has 0 fully saturated rings. The lowest BCUT2D eigenvalue weighted by Crippen LogP contribution is -2.34. The number of anilines is 1. The summed E-state index contributed by atoms with van der Waals surface area (Å²) in [5.74, 6) is 0.352. The molecule has 0 saturated carbocycles. The number of likely N-dealkylation sites (N-methyl/N-ethyl adjacent to an activating group) is 1. The molecule has 0 aliphatic carbocycles. The molecule has 1 aromatic rings. The Morgan fingerprint density at radius 2 is 1.95 bits per heavy atom. The van der Waals surface area contributed by atoms with Crippen LogP contribution in [0.4, 0.5) is 5.95 Å². The first kappa shape index (κ1) is 14.0. The van der Waals surface area contributed by atoms with Crippen molar-refractivity contribution in [2.24, 2.45) is 0 Å². The summed E-state index contributed by atoms with van der Waals surface area (Å²) in [5.41, 5.74) is 1.08. The Morgan fingerprint density at radius 1 is 1.26 bits per heavy atom. The van der Waals surface area contributed by atoms with Crippen LogP contribution in [0.3, 0.4) is 0 Å². The normalized spacial score (nSPS) is 21.8. The predicted octanol–water partition coefficient (Wildman–Crippen LogP) is 0.544. The molecule has 0 amide bonds. The minimum Gasteiger partial charge on any atom is -0.369 e. The Balaban J connectivity index is 2.54. The Labute approximate surface area is 112 Å². The lowest BCUT2D eigenvalue weighted by molar-refractivity contribution is -0.0102. The van der Waals surface area contributed by atoms with E-state index in [1.807, 2.05) is 6.92 Å². The molecule has 6 heteroatoms. The maximum atomic E-state index is 12.4. The van der Waals surface area contributed by atoms with Crippen molar-refractivity contribution in [3.05, 3.63) is 21.6 Å². The molecule has 2 heterocycles. The lowest BCUT2D eigenvalue weighted by atomic mass is 10.1. The number of aliphatic hydroxyl groups excluding tert-OH is 2. The first-order valence-electron chi connectivity index (χ1n) is 6.77. The SMILES string of the molecule is CCCCc1c(C)nc2n(c1=O)C(O)C(O)N2CC. The highest BCUT2D eigenvalue weighted by atomic mass is 16.4. The number of aryl methyl sites for hydroxylation is 1. The number of nitrogens with zero attached hydrogens (tertiary/aromatic N) is 3. The van der Waals surface area contributed by atoms with E-state index in [0.717, 1.165) is 12.8 Å². The van der Waals surface area contributed by atoms with E-state index in [9.17, 15) is 15.0 Å². The monoisotopic (exact) mass is 267 g/mol. The van der Waals surface area contributed by atoms with Gasteiger partial charge in [-0.05, 0) is 26.7 Å². The van der Waals surface area contributed by atoms with Gasteiger partial charge < -0.3 is 15.1 Å². The lowest BCUT2D eigenvalue weighted by Gasteiger charge is -2.19. The molecule has 1 aliphatic heterocycles. The van der Waals surface area contributed by atoms with E-state index >= 15 is 0 Å². The van der Waals surface area contributed by atoms with Crippen molar-refractivity contribution in [1.29, 1.82) is 0 Å². The number of unbranched alkanes of at least 4 members (excludes halogenated alkanes) is 1. The zero-order chi connectivity index (χ0) is 14.2. The molecule has 0 spiro atoms. The number of aliphatic hydroxyl groups is 2. The molecular formula is C13H21N3O3. The molecule has 2 N–H and O–H groups in total. The second kappa shape index (κ2) is 5.30. The van der Waals surface area contributed by atoms with Gasteiger partial charge in [0.15, 0.2) is 12.5 Å². The second-order valence-corrected chi connectivity index (χ2v) is 4.87. The molecule has 0 bridgehead atoms. The van der Waals surface area contributed by atoms with Crippen LogP contribution < -0.4 is 10.5 Å². The largest absolute Gasteiger partial charge is 0.369 e. The van der Waals surface area contributed by atoms with E-state index in [4.69, 9.17) is 0 Å². The molecule has 1 aliphatic rings. The Kier molecular flexibility index (Phi) is 3.91. The number of aromatic nitrogens is 2. The van der Waals surface area contributed by atoms with Crippen LogP contribution in [0.1, 0.15) is 44.2 Å². The molecule has 1 aromatic heterocycles. The van der Waals surface area contributed by atoms with E-state index < -0.39 is 12.5 Å². The standard InChI is InChI=1S/C13H21N3O3/c1-4-6-7-9-8(3)14-13-15(5-2)11(18)12(19)16(13)10(9)17/h11-12,18-19H,4-7H2,1-3H3. The Morgan fingerprint density at radius 3 is 2.53 bits per heavy atom. The van der Waals surface area contributed by atoms with Crippen molar-refractivity contribution in [2.75, 3.05) is 11.4 Å². The third-order valence-electron chi connectivity index (χ3n) is 3.63. The van der Waals surface area contributed by atoms with Gasteiger partial charge >= 0.3 is 0 Å². The highest BCUT2D eigenvalue weighted by Gasteiger charge is 2.38. The van der Waals surface area contributed by atoms with Gasteiger partial charge in [-0.1, -0.05) is 13.3 Å². The molecule has 0 radical (unpaired) electrons. The van der Waals surface area contributed by atoms with Crippen molar-refractivity contribution in [3.8, 4) is 0 Å². The summed E-state index contributed by atoms with van der Waals surface area (Å²) in [6.07, 6.45) is 0.214. The Bertz CT molecular complexity index is 527. The van der Waals surface area contributed by atoms with Gasteiger partial charge in [-0.15, -0.1) is 0 Å². The first-order valence-corrected chi connectivity index (χ1v) is 6.77. The number of rotatable bonds is 4. The van der Waals surface area contributed by atoms with E-state index in [1.165, 1.54) is 9.47 Å². The third-order valence-corrected chi connectivity index (χ3v) is 3.63. The predicted molar refractivity (Wildman–Crippen MR) is 72.1 cm³/mol. The molecule has 6 nitrogen and oxygen atoms in total. The number of fused-ring (bicyclic) bond motifs is 1. The molecular weight excluding hydrogens is 246 g/mol. The highest BCUT2D eigenvalue weighted by Crippen LogP contribution is 2.28. The summed E-state index contributed by atoms with van der Waals surface area (Å²) < 4.78 is 1.20. The highest BCUT2D eigenvalue weighted by molar-refractivity contribution is 5.40. The maximum Gasteiger partial charge on any atom is 0.260 e. The van der Waals surface area contributed by atoms with Crippen LogP contribution in [0.5, 0.6) is 0 Å². The quantitative estimate of drug-likeness (QED) is 0.832. The number of hydrogen-bond acceptors (Lipinski definition) is 5. The van der Waals surface area contributed by atoms with E-state index in [-0.39, 0.29) is 5.56 Å². The zero-order valence-corrected chi connectivity index (χ0v) is 11.6. The molecule has 2 atom stereocenters. The van der Waals surface area contributed by atoms with E-state index in [1.54, 1.807) is 6.92 Å². The molecule has 2 rings (SSSR count). The molecule has 0 saturated heterocycles. The van der Waals surface area contributed by atoms with Crippen LogP contribution in [0, 0.1) is 6.92 Å². The van der Waals surface area contributed by atoms with Crippen LogP contribution in [0.2, 0.25) is 0 Å². The van der Waals surface area contributed by atoms with Gasteiger partial charge in [-0.2, -0.15) is 0 Å². The smallest absolute Gasteiger partial charge is 0.260 e. The van der Waals surface area contributed by atoms with Crippen molar-refractivity contribution in [2.45, 2.75) is 52.5 Å². The second-order valence-electron chi connectivity index (χ2n) is 4.87. The van der Waals surface area contributed by atoms with Gasteiger partial charge in [0.1, 0.15) is 0 Å². The molecule has 106 valence electrons. The summed E-state index contributed by atoms with van der Waals surface area (Å²) in [5, 5.41) is 19.9. The van der Waals surface area contributed by atoms with Gasteiger partial charge in [0.05, 0.1) is 0 Å². The number of hydrogen-bond donors (Lipinski definition) is 2. The fourth-order valence-corrected chi connectivity index (χ4v) is 2.49. The van der Waals surface area contributed by atoms with E-state index in [0.29, 0.717) is 30.2 Å². The van der Waals surface area contributed by atoms with Gasteiger partial charge in [0, 0.05) is 17.8 Å². The van der Waals surface area contributed by atoms with Crippen molar-refractivity contribution in [3.63, 3.8) is 0 Å². The van der Waals surface area contributed by atoms with Crippen LogP contribution in [-0.2, 0) is 6.42 Å². The minimum absolute atomic E-state index is 0.238. The maximum absolute atomic E-state index is 12.4. The topological polar surface area (TPSA) is 78.6 Å². The van der Waals surface area contributed by atoms with Crippen LogP contribution in [0.25, 0.3) is 0 Å².